The van der Waals surface area contributed by atoms with Gasteiger partial charge in [0, 0.05) is 38.0 Å². The molecule has 172 valence electrons. The van der Waals surface area contributed by atoms with Crippen molar-refractivity contribution in [1.29, 1.82) is 0 Å². The molecule has 1 spiro atoms. The molecular weight excluding hydrogens is 454 g/mol. The normalized spacial score (nSPS) is 29.6. The number of nitrogens with one attached hydrogen (secondary N) is 1. The first-order valence-electron chi connectivity index (χ1n) is 10.5. The second kappa shape index (κ2) is 8.34. The van der Waals surface area contributed by atoms with E-state index >= 15 is 0 Å². The molecule has 32 heavy (non-hydrogen) atoms. The molecule has 0 aromatic heterocycles. The number of carbonyl (C=O) groups is 2. The number of rotatable bonds is 6. The number of likely N-dealkylation sites (tertiary alicyclic amines) is 1. The molecule has 3 fully saturated rings. The number of ether oxygens (including phenoxy) is 1. The highest BCUT2D eigenvalue weighted by Gasteiger charge is 2.73. The summed E-state index contributed by atoms with van der Waals surface area (Å²) in [4.78, 5) is 26.3. The van der Waals surface area contributed by atoms with E-state index in [0.717, 1.165) is 12.8 Å². The predicted molar refractivity (Wildman–Crippen MR) is 119 cm³/mol. The number of amides is 2. The van der Waals surface area contributed by atoms with Crippen molar-refractivity contribution >= 4 is 39.1 Å². The molecule has 10 heteroatoms. The fourth-order valence-electron chi connectivity index (χ4n) is 5.83. The smallest absolute Gasteiger partial charge is 0.244 e. The fourth-order valence-corrected chi connectivity index (χ4v) is 8.07. The van der Waals surface area contributed by atoms with Gasteiger partial charge >= 0.3 is 0 Å². The van der Waals surface area contributed by atoms with Gasteiger partial charge in [-0.2, -0.15) is 4.31 Å². The number of piperidine rings is 1. The number of methoxy groups -OCH3 is 1. The fraction of sp³-hybridized carbons (Fsp3) is 0.545. The molecule has 0 bridgehead atoms. The van der Waals surface area contributed by atoms with Crippen LogP contribution in [-0.4, -0.2) is 68.3 Å². The molecule has 1 aromatic rings. The van der Waals surface area contributed by atoms with E-state index in [2.05, 4.69) is 11.2 Å². The van der Waals surface area contributed by atoms with Crippen molar-refractivity contribution in [3.63, 3.8) is 0 Å². The maximum Gasteiger partial charge on any atom is 0.244 e. The minimum absolute atomic E-state index is 0.00762. The summed E-state index contributed by atoms with van der Waals surface area (Å²) in [7, 11) is -2.40. The van der Waals surface area contributed by atoms with E-state index in [0.29, 0.717) is 25.3 Å². The molecule has 4 atom stereocenters. The Morgan fingerprint density at radius 3 is 2.81 bits per heavy atom. The van der Waals surface area contributed by atoms with Crippen molar-refractivity contribution in [2.24, 2.45) is 11.3 Å². The summed E-state index contributed by atoms with van der Waals surface area (Å²) in [5, 5.41) is 2.68. The highest BCUT2D eigenvalue weighted by Crippen LogP contribution is 2.62. The van der Waals surface area contributed by atoms with Crippen LogP contribution in [0.25, 0.3) is 0 Å². The van der Waals surface area contributed by atoms with Crippen molar-refractivity contribution in [2.45, 2.75) is 43.2 Å². The molecule has 3 unspecified atom stereocenters. The Balaban J connectivity index is 1.74. The van der Waals surface area contributed by atoms with E-state index in [1.54, 1.807) is 12.0 Å². The maximum atomic E-state index is 13.7. The van der Waals surface area contributed by atoms with Crippen LogP contribution < -0.4 is 5.32 Å². The number of hydrogen-bond acceptors (Lipinski definition) is 5. The van der Waals surface area contributed by atoms with Gasteiger partial charge in [-0.15, -0.1) is 6.42 Å². The summed E-state index contributed by atoms with van der Waals surface area (Å²) in [5.41, 5.74) is -0.114. The van der Waals surface area contributed by atoms with Gasteiger partial charge in [-0.3, -0.25) is 9.59 Å². The Kier molecular flexibility index (Phi) is 6.01. The van der Waals surface area contributed by atoms with Crippen molar-refractivity contribution in [1.82, 2.24) is 9.21 Å². The Hall–Kier alpha value is -2.12. The molecule has 8 nitrogen and oxygen atoms in total. The Labute approximate surface area is 193 Å². The summed E-state index contributed by atoms with van der Waals surface area (Å²) in [5.74, 6) is 1.95. The van der Waals surface area contributed by atoms with Gasteiger partial charge in [0.05, 0.1) is 28.8 Å². The highest BCUT2D eigenvalue weighted by atomic mass is 35.5. The van der Waals surface area contributed by atoms with E-state index in [4.69, 9.17) is 22.8 Å². The Bertz CT molecular complexity index is 1100. The van der Waals surface area contributed by atoms with Gasteiger partial charge in [0.2, 0.25) is 21.8 Å². The molecule has 1 N–H and O–H groups in total. The number of anilines is 1. The first-order chi connectivity index (χ1) is 15.2. The lowest BCUT2D eigenvalue weighted by Gasteiger charge is -2.65. The van der Waals surface area contributed by atoms with Gasteiger partial charge in [0.1, 0.15) is 6.04 Å². The van der Waals surface area contributed by atoms with Crippen LogP contribution in [0.4, 0.5) is 5.69 Å². The standard InChI is InChI=1S/C22H26ClN3O5S/c1-4-10-25-12-15(13-31-3)22-9-5-6-19(22)26(20(22)21(25)28)32(29,30)16-7-8-18(17(23)11-16)24-14(2)27/h1,7-8,11,15,19-20H,5-6,9-10,12-13H2,2-3H3,(H,24,27)/t15-,19?,20?,22?/m1/s1. The summed E-state index contributed by atoms with van der Waals surface area (Å²) in [6, 6.07) is 3.09. The number of hydrogen-bond donors (Lipinski definition) is 1. The highest BCUT2D eigenvalue weighted by molar-refractivity contribution is 7.89. The number of nitrogens with zero attached hydrogens (tertiary/aromatic N) is 2. The van der Waals surface area contributed by atoms with E-state index in [9.17, 15) is 18.0 Å². The lowest BCUT2D eigenvalue weighted by Crippen LogP contribution is -2.80. The van der Waals surface area contributed by atoms with Crippen molar-refractivity contribution in [3.05, 3.63) is 23.2 Å². The molecular formula is C22H26ClN3O5S. The SMILES string of the molecule is C#CCN1C[C@H](COC)C23CCCC2N(S(=O)(=O)c2ccc(NC(C)=O)c(Cl)c2)C3C1=O. The molecule has 2 heterocycles. The number of terminal acetylenes is 1. The van der Waals surface area contributed by atoms with Crippen molar-refractivity contribution < 1.29 is 22.7 Å². The molecule has 4 rings (SSSR count). The molecule has 3 aliphatic rings. The van der Waals surface area contributed by atoms with Crippen LogP contribution in [0, 0.1) is 23.7 Å². The van der Waals surface area contributed by atoms with Crippen LogP contribution >= 0.6 is 11.6 Å². The van der Waals surface area contributed by atoms with E-state index in [1.807, 2.05) is 0 Å². The van der Waals surface area contributed by atoms with E-state index in [-0.39, 0.29) is 40.2 Å². The number of sulfonamides is 1. The second-order valence-electron chi connectivity index (χ2n) is 8.66. The van der Waals surface area contributed by atoms with Crippen LogP contribution in [-0.2, 0) is 24.3 Å². The van der Waals surface area contributed by atoms with Gasteiger partial charge in [-0.25, -0.2) is 8.42 Å². The van der Waals surface area contributed by atoms with Crippen LogP contribution in [0.1, 0.15) is 26.2 Å². The average molecular weight is 480 g/mol. The minimum Gasteiger partial charge on any atom is -0.384 e. The molecule has 0 radical (unpaired) electrons. The second-order valence-corrected chi connectivity index (χ2v) is 10.9. The zero-order valence-electron chi connectivity index (χ0n) is 18.0. The summed E-state index contributed by atoms with van der Waals surface area (Å²) in [6.45, 7) is 2.37. The van der Waals surface area contributed by atoms with Gasteiger partial charge in [0.15, 0.2) is 0 Å². The lowest BCUT2D eigenvalue weighted by molar-refractivity contribution is -0.185. The van der Waals surface area contributed by atoms with E-state index in [1.165, 1.54) is 29.4 Å². The maximum absolute atomic E-state index is 13.7. The summed E-state index contributed by atoms with van der Waals surface area (Å²) < 4.78 is 34.2. The van der Waals surface area contributed by atoms with E-state index < -0.39 is 21.5 Å². The van der Waals surface area contributed by atoms with Gasteiger partial charge < -0.3 is 15.0 Å². The Morgan fingerprint density at radius 2 is 2.19 bits per heavy atom. The zero-order valence-corrected chi connectivity index (χ0v) is 19.6. The average Bonchev–Trinajstić information content (AvgIpc) is 3.04. The molecule has 2 aliphatic heterocycles. The molecule has 1 saturated carbocycles. The van der Waals surface area contributed by atoms with Crippen LogP contribution in [0.5, 0.6) is 0 Å². The minimum atomic E-state index is -4.01. The quantitative estimate of drug-likeness (QED) is 0.629. The van der Waals surface area contributed by atoms with Gasteiger partial charge in [-0.1, -0.05) is 23.9 Å². The number of benzene rings is 1. The van der Waals surface area contributed by atoms with Crippen LogP contribution in [0.2, 0.25) is 5.02 Å². The summed E-state index contributed by atoms with van der Waals surface area (Å²) in [6.07, 6.45) is 7.78. The first kappa shape index (κ1) is 23.1. The third-order valence-corrected chi connectivity index (χ3v) is 9.18. The molecule has 1 aromatic carbocycles. The molecule has 2 saturated heterocycles. The lowest BCUT2D eigenvalue weighted by atomic mass is 9.58. The largest absolute Gasteiger partial charge is 0.384 e. The number of carbonyl (C=O) groups excluding carboxylic acids is 2. The molecule has 1 aliphatic carbocycles. The zero-order chi connectivity index (χ0) is 23.3. The third kappa shape index (κ3) is 3.32. The first-order valence-corrected chi connectivity index (χ1v) is 12.3. The van der Waals surface area contributed by atoms with Gasteiger partial charge in [0.25, 0.3) is 0 Å². The Morgan fingerprint density at radius 1 is 1.44 bits per heavy atom. The van der Waals surface area contributed by atoms with Crippen LogP contribution in [0.3, 0.4) is 0 Å². The predicted octanol–water partition coefficient (Wildman–Crippen LogP) is 1.95. The topological polar surface area (TPSA) is 96.0 Å². The molecule has 2 amide bonds. The monoisotopic (exact) mass is 479 g/mol. The van der Waals surface area contributed by atoms with Crippen molar-refractivity contribution in [3.8, 4) is 12.3 Å². The summed E-state index contributed by atoms with van der Waals surface area (Å²) >= 11 is 6.24. The van der Waals surface area contributed by atoms with Crippen molar-refractivity contribution in [2.75, 3.05) is 32.1 Å². The number of halogens is 1. The van der Waals surface area contributed by atoms with Gasteiger partial charge in [-0.05, 0) is 31.0 Å². The van der Waals surface area contributed by atoms with Crippen LogP contribution in [0.15, 0.2) is 23.1 Å². The third-order valence-electron chi connectivity index (χ3n) is 7.00.